The fourth-order valence-electron chi connectivity index (χ4n) is 2.37. The van der Waals surface area contributed by atoms with E-state index < -0.39 is 17.4 Å². The number of aromatic amines is 1. The summed E-state index contributed by atoms with van der Waals surface area (Å²) in [4.78, 5) is 15.4. The minimum Gasteiger partial charge on any atom is -0.360 e. The fraction of sp³-hybridized carbons (Fsp3) is 0.0625. The molecule has 0 aliphatic carbocycles. The van der Waals surface area contributed by atoms with Gasteiger partial charge in [-0.05, 0) is 30.7 Å². The molecule has 1 heterocycles. The number of aryl methyl sites for hydroxylation is 1. The van der Waals surface area contributed by atoms with Gasteiger partial charge in [-0.2, -0.15) is 0 Å². The van der Waals surface area contributed by atoms with Crippen molar-refractivity contribution in [2.75, 3.05) is 0 Å². The number of benzene rings is 2. The van der Waals surface area contributed by atoms with Crippen molar-refractivity contribution in [2.45, 2.75) is 6.92 Å². The SMILES string of the molecule is Cc1cccc2[nH]cc(C(=O)c3ccc(F)cc3F)c12. The van der Waals surface area contributed by atoms with E-state index >= 15 is 0 Å². The number of carbonyl (C=O) groups is 1. The topological polar surface area (TPSA) is 32.9 Å². The zero-order chi connectivity index (χ0) is 14.3. The lowest BCUT2D eigenvalue weighted by Crippen LogP contribution is -2.04. The molecule has 20 heavy (non-hydrogen) atoms. The van der Waals surface area contributed by atoms with Gasteiger partial charge in [0, 0.05) is 28.7 Å². The second-order valence-corrected chi connectivity index (χ2v) is 4.65. The highest BCUT2D eigenvalue weighted by molar-refractivity contribution is 6.17. The van der Waals surface area contributed by atoms with Crippen LogP contribution in [0.1, 0.15) is 21.5 Å². The fourth-order valence-corrected chi connectivity index (χ4v) is 2.37. The second-order valence-electron chi connectivity index (χ2n) is 4.65. The Morgan fingerprint density at radius 2 is 1.90 bits per heavy atom. The number of aromatic nitrogens is 1. The molecule has 3 rings (SSSR count). The Balaban J connectivity index is 2.18. The molecule has 0 saturated carbocycles. The molecule has 3 aromatic rings. The molecule has 1 aromatic heterocycles. The first-order valence-electron chi connectivity index (χ1n) is 6.14. The van der Waals surface area contributed by atoms with Crippen molar-refractivity contribution >= 4 is 16.7 Å². The molecule has 0 aliphatic heterocycles. The van der Waals surface area contributed by atoms with Crippen molar-refractivity contribution in [2.24, 2.45) is 0 Å². The van der Waals surface area contributed by atoms with Crippen LogP contribution in [0.2, 0.25) is 0 Å². The van der Waals surface area contributed by atoms with Crippen LogP contribution in [0.3, 0.4) is 0 Å². The Labute approximate surface area is 114 Å². The molecule has 2 nitrogen and oxygen atoms in total. The first-order valence-corrected chi connectivity index (χ1v) is 6.14. The zero-order valence-corrected chi connectivity index (χ0v) is 10.7. The van der Waals surface area contributed by atoms with E-state index in [9.17, 15) is 13.6 Å². The molecule has 0 atom stereocenters. The van der Waals surface area contributed by atoms with Crippen LogP contribution >= 0.6 is 0 Å². The lowest BCUT2D eigenvalue weighted by molar-refractivity contribution is 0.103. The molecule has 4 heteroatoms. The maximum atomic E-state index is 13.7. The van der Waals surface area contributed by atoms with Crippen molar-refractivity contribution < 1.29 is 13.6 Å². The van der Waals surface area contributed by atoms with E-state index in [1.54, 1.807) is 6.20 Å². The highest BCUT2D eigenvalue weighted by Crippen LogP contribution is 2.25. The van der Waals surface area contributed by atoms with Gasteiger partial charge in [-0.15, -0.1) is 0 Å². The third-order valence-electron chi connectivity index (χ3n) is 3.33. The first kappa shape index (κ1) is 12.5. The van der Waals surface area contributed by atoms with Crippen molar-refractivity contribution in [3.05, 3.63) is 70.9 Å². The van der Waals surface area contributed by atoms with E-state index in [4.69, 9.17) is 0 Å². The van der Waals surface area contributed by atoms with E-state index in [-0.39, 0.29) is 5.56 Å². The monoisotopic (exact) mass is 271 g/mol. The Bertz CT molecular complexity index is 820. The van der Waals surface area contributed by atoms with Gasteiger partial charge in [0.15, 0.2) is 5.78 Å². The predicted molar refractivity (Wildman–Crippen MR) is 72.8 cm³/mol. The van der Waals surface area contributed by atoms with Crippen LogP contribution < -0.4 is 0 Å². The number of hydrogen-bond donors (Lipinski definition) is 1. The van der Waals surface area contributed by atoms with Crippen LogP contribution in [-0.4, -0.2) is 10.8 Å². The maximum absolute atomic E-state index is 13.7. The predicted octanol–water partition coefficient (Wildman–Crippen LogP) is 3.99. The number of fused-ring (bicyclic) bond motifs is 1. The van der Waals surface area contributed by atoms with Crippen LogP contribution in [-0.2, 0) is 0 Å². The minimum atomic E-state index is -0.849. The summed E-state index contributed by atoms with van der Waals surface area (Å²) in [5.41, 5.74) is 2.00. The van der Waals surface area contributed by atoms with Gasteiger partial charge < -0.3 is 4.98 Å². The lowest BCUT2D eigenvalue weighted by atomic mass is 9.99. The van der Waals surface area contributed by atoms with E-state index in [0.717, 1.165) is 28.6 Å². The highest BCUT2D eigenvalue weighted by atomic mass is 19.1. The maximum Gasteiger partial charge on any atom is 0.198 e. The molecule has 0 amide bonds. The van der Waals surface area contributed by atoms with Crippen LogP contribution in [0.15, 0.2) is 42.6 Å². The van der Waals surface area contributed by atoms with Gasteiger partial charge in [0.1, 0.15) is 11.6 Å². The second kappa shape index (κ2) is 4.56. The van der Waals surface area contributed by atoms with Gasteiger partial charge in [-0.1, -0.05) is 12.1 Å². The molecule has 0 aliphatic rings. The normalized spacial score (nSPS) is 10.9. The van der Waals surface area contributed by atoms with Gasteiger partial charge in [-0.3, -0.25) is 4.79 Å². The Morgan fingerprint density at radius 3 is 2.65 bits per heavy atom. The lowest BCUT2D eigenvalue weighted by Gasteiger charge is -2.03. The molecule has 0 bridgehead atoms. The molecule has 100 valence electrons. The number of halogens is 2. The molecule has 0 saturated heterocycles. The summed E-state index contributed by atoms with van der Waals surface area (Å²) in [7, 11) is 0. The number of nitrogens with one attached hydrogen (secondary N) is 1. The number of carbonyl (C=O) groups excluding carboxylic acids is 1. The van der Waals surface area contributed by atoms with Gasteiger partial charge >= 0.3 is 0 Å². The molecular weight excluding hydrogens is 260 g/mol. The summed E-state index contributed by atoms with van der Waals surface area (Å²) < 4.78 is 26.6. The molecule has 2 aromatic carbocycles. The minimum absolute atomic E-state index is 0.129. The molecule has 0 fully saturated rings. The van der Waals surface area contributed by atoms with Gasteiger partial charge in [0.05, 0.1) is 5.56 Å². The largest absolute Gasteiger partial charge is 0.360 e. The smallest absolute Gasteiger partial charge is 0.198 e. The van der Waals surface area contributed by atoms with Crippen LogP contribution in [0.5, 0.6) is 0 Å². The number of hydrogen-bond acceptors (Lipinski definition) is 1. The molecular formula is C16H11F2NO. The van der Waals surface area contributed by atoms with Crippen molar-refractivity contribution in [1.82, 2.24) is 4.98 Å². The third kappa shape index (κ3) is 1.90. The quantitative estimate of drug-likeness (QED) is 0.702. The van der Waals surface area contributed by atoms with Crippen molar-refractivity contribution in [1.29, 1.82) is 0 Å². The molecule has 1 N–H and O–H groups in total. The molecule has 0 spiro atoms. The Morgan fingerprint density at radius 1 is 1.10 bits per heavy atom. The first-order chi connectivity index (χ1) is 9.58. The van der Waals surface area contributed by atoms with E-state index in [1.807, 2.05) is 25.1 Å². The summed E-state index contributed by atoms with van der Waals surface area (Å²) in [6.07, 6.45) is 1.56. The third-order valence-corrected chi connectivity index (χ3v) is 3.33. The summed E-state index contributed by atoms with van der Waals surface area (Å²) in [5.74, 6) is -2.00. The summed E-state index contributed by atoms with van der Waals surface area (Å²) in [6, 6.07) is 8.58. The molecule has 0 radical (unpaired) electrons. The van der Waals surface area contributed by atoms with E-state index in [0.29, 0.717) is 5.56 Å². The summed E-state index contributed by atoms with van der Waals surface area (Å²) >= 11 is 0. The summed E-state index contributed by atoms with van der Waals surface area (Å²) in [6.45, 7) is 1.88. The van der Waals surface area contributed by atoms with Crippen molar-refractivity contribution in [3.8, 4) is 0 Å². The summed E-state index contributed by atoms with van der Waals surface area (Å²) in [5, 5.41) is 0.765. The van der Waals surface area contributed by atoms with Crippen LogP contribution in [0.25, 0.3) is 10.9 Å². The number of ketones is 1. The van der Waals surface area contributed by atoms with Crippen LogP contribution in [0, 0.1) is 18.6 Å². The van der Waals surface area contributed by atoms with E-state index in [1.165, 1.54) is 6.07 Å². The van der Waals surface area contributed by atoms with Crippen LogP contribution in [0.4, 0.5) is 8.78 Å². The van der Waals surface area contributed by atoms with Gasteiger partial charge in [-0.25, -0.2) is 8.78 Å². The van der Waals surface area contributed by atoms with E-state index in [2.05, 4.69) is 4.98 Å². The average Bonchev–Trinajstić information content (AvgIpc) is 2.83. The Hall–Kier alpha value is -2.49. The average molecular weight is 271 g/mol. The number of H-pyrrole nitrogens is 1. The highest BCUT2D eigenvalue weighted by Gasteiger charge is 2.18. The van der Waals surface area contributed by atoms with Gasteiger partial charge in [0.25, 0.3) is 0 Å². The standard InChI is InChI=1S/C16H11F2NO/c1-9-3-2-4-14-15(9)12(8-19-14)16(20)11-6-5-10(17)7-13(11)18/h2-8,19H,1H3. The molecule has 0 unspecified atom stereocenters. The number of rotatable bonds is 2. The zero-order valence-electron chi connectivity index (χ0n) is 10.7. The van der Waals surface area contributed by atoms with Crippen molar-refractivity contribution in [3.63, 3.8) is 0 Å². The Kier molecular flexibility index (Phi) is 2.86. The van der Waals surface area contributed by atoms with Gasteiger partial charge in [0.2, 0.25) is 0 Å².